The highest BCUT2D eigenvalue weighted by Gasteiger charge is 1.92. The van der Waals surface area contributed by atoms with Crippen molar-refractivity contribution in [3.05, 3.63) is 42.2 Å². The molecular weight excluding hydrogens is 134 g/mol. The minimum Gasteiger partial charge on any atom is -0.254 e. The Bertz CT molecular complexity index is 261. The lowest BCUT2D eigenvalue weighted by Gasteiger charge is -1.98. The molecule has 0 aliphatic carbocycles. The molecular formula is C10H11N. The van der Waals surface area contributed by atoms with E-state index in [1.165, 1.54) is 0 Å². The minimum absolute atomic E-state index is 0.903. The van der Waals surface area contributed by atoms with Crippen molar-refractivity contribution >= 4 is 12.2 Å². The highest BCUT2D eigenvalue weighted by atomic mass is 14.7. The van der Waals surface area contributed by atoms with E-state index in [-0.39, 0.29) is 0 Å². The number of pyridine rings is 1. The normalized spacial score (nSPS) is 9.18. The van der Waals surface area contributed by atoms with Gasteiger partial charge in [0.2, 0.25) is 0 Å². The van der Waals surface area contributed by atoms with Crippen molar-refractivity contribution in [2.45, 2.75) is 6.92 Å². The average molecular weight is 145 g/mol. The zero-order valence-electron chi connectivity index (χ0n) is 6.67. The summed E-state index contributed by atoms with van der Waals surface area (Å²) in [7, 11) is 0. The van der Waals surface area contributed by atoms with Crippen LogP contribution in [-0.4, -0.2) is 4.98 Å². The molecule has 0 unspecified atom stereocenters. The first-order valence-corrected chi connectivity index (χ1v) is 3.50. The lowest BCUT2D eigenvalue weighted by atomic mass is 10.2. The van der Waals surface area contributed by atoms with Crippen LogP contribution in [-0.2, 0) is 0 Å². The van der Waals surface area contributed by atoms with Gasteiger partial charge in [-0.2, -0.15) is 0 Å². The van der Waals surface area contributed by atoms with Gasteiger partial charge in [0.05, 0.1) is 5.69 Å². The Labute approximate surface area is 67.1 Å². The highest BCUT2D eigenvalue weighted by molar-refractivity contribution is 5.53. The second kappa shape index (κ2) is 3.15. The number of aromatic nitrogens is 1. The van der Waals surface area contributed by atoms with Crippen LogP contribution in [0.3, 0.4) is 0 Å². The summed E-state index contributed by atoms with van der Waals surface area (Å²) in [5.74, 6) is 0. The fraction of sp³-hybridized carbons (Fsp3) is 0.100. The number of hydrogen-bond donors (Lipinski definition) is 0. The molecule has 0 aromatic carbocycles. The van der Waals surface area contributed by atoms with Crippen molar-refractivity contribution in [1.82, 2.24) is 4.98 Å². The van der Waals surface area contributed by atoms with Crippen LogP contribution in [0.2, 0.25) is 0 Å². The van der Waals surface area contributed by atoms with E-state index in [0.29, 0.717) is 0 Å². The van der Waals surface area contributed by atoms with E-state index in [4.69, 9.17) is 0 Å². The second-order valence-corrected chi connectivity index (χ2v) is 2.37. The molecule has 1 rings (SSSR count). The monoisotopic (exact) mass is 145 g/mol. The SMILES string of the molecule is C=Cc1cc(C)nc(C=C)c1. The summed E-state index contributed by atoms with van der Waals surface area (Å²) in [5, 5.41) is 0. The van der Waals surface area contributed by atoms with Crippen LogP contribution < -0.4 is 0 Å². The lowest BCUT2D eigenvalue weighted by molar-refractivity contribution is 1.18. The molecule has 1 nitrogen and oxygen atoms in total. The topological polar surface area (TPSA) is 12.9 Å². The summed E-state index contributed by atoms with van der Waals surface area (Å²) >= 11 is 0. The summed E-state index contributed by atoms with van der Waals surface area (Å²) in [6.45, 7) is 9.29. The van der Waals surface area contributed by atoms with Crippen molar-refractivity contribution < 1.29 is 0 Å². The zero-order valence-corrected chi connectivity index (χ0v) is 6.67. The molecule has 1 heterocycles. The zero-order chi connectivity index (χ0) is 8.27. The molecule has 11 heavy (non-hydrogen) atoms. The van der Waals surface area contributed by atoms with Crippen LogP contribution in [0.25, 0.3) is 12.2 Å². The van der Waals surface area contributed by atoms with Crippen LogP contribution in [0, 0.1) is 6.92 Å². The first-order valence-electron chi connectivity index (χ1n) is 3.50. The molecule has 0 aliphatic rings. The summed E-state index contributed by atoms with van der Waals surface area (Å²) < 4.78 is 0. The Hall–Kier alpha value is -1.37. The average Bonchev–Trinajstić information content (AvgIpc) is 2.03. The van der Waals surface area contributed by atoms with Gasteiger partial charge in [-0.25, -0.2) is 0 Å². The predicted molar refractivity (Wildman–Crippen MR) is 49.2 cm³/mol. The molecule has 0 fully saturated rings. The van der Waals surface area contributed by atoms with Gasteiger partial charge in [-0.15, -0.1) is 0 Å². The molecule has 0 aliphatic heterocycles. The molecule has 0 N–H and O–H groups in total. The van der Waals surface area contributed by atoms with Gasteiger partial charge >= 0.3 is 0 Å². The van der Waals surface area contributed by atoms with Gasteiger partial charge in [0.25, 0.3) is 0 Å². The largest absolute Gasteiger partial charge is 0.254 e. The Morgan fingerprint density at radius 1 is 1.27 bits per heavy atom. The van der Waals surface area contributed by atoms with E-state index in [9.17, 15) is 0 Å². The molecule has 0 spiro atoms. The van der Waals surface area contributed by atoms with Crippen LogP contribution in [0.15, 0.2) is 25.3 Å². The van der Waals surface area contributed by atoms with Gasteiger partial charge in [-0.05, 0) is 30.7 Å². The van der Waals surface area contributed by atoms with Crippen molar-refractivity contribution in [1.29, 1.82) is 0 Å². The van der Waals surface area contributed by atoms with Crippen LogP contribution >= 0.6 is 0 Å². The highest BCUT2D eigenvalue weighted by Crippen LogP contribution is 2.07. The Balaban J connectivity index is 3.21. The van der Waals surface area contributed by atoms with E-state index < -0.39 is 0 Å². The van der Waals surface area contributed by atoms with E-state index in [2.05, 4.69) is 18.1 Å². The van der Waals surface area contributed by atoms with E-state index in [1.807, 2.05) is 25.1 Å². The first-order chi connectivity index (χ1) is 5.26. The third kappa shape index (κ3) is 1.77. The Kier molecular flexibility index (Phi) is 2.21. The van der Waals surface area contributed by atoms with Crippen molar-refractivity contribution in [3.8, 4) is 0 Å². The Morgan fingerprint density at radius 2 is 2.00 bits per heavy atom. The van der Waals surface area contributed by atoms with E-state index >= 15 is 0 Å². The smallest absolute Gasteiger partial charge is 0.0632 e. The molecule has 0 amide bonds. The standard InChI is InChI=1S/C10H11N/c1-4-9-6-8(3)11-10(5-2)7-9/h4-7H,1-2H2,3H3. The first kappa shape index (κ1) is 7.73. The third-order valence-corrected chi connectivity index (χ3v) is 1.44. The number of aryl methyl sites for hydroxylation is 1. The molecule has 0 radical (unpaired) electrons. The summed E-state index contributed by atoms with van der Waals surface area (Å²) in [5.41, 5.74) is 2.99. The molecule has 1 heteroatoms. The second-order valence-electron chi connectivity index (χ2n) is 2.37. The maximum absolute atomic E-state index is 4.23. The number of hydrogen-bond acceptors (Lipinski definition) is 1. The number of rotatable bonds is 2. The van der Waals surface area contributed by atoms with Crippen LogP contribution in [0.5, 0.6) is 0 Å². The molecule has 0 bridgehead atoms. The molecule has 1 aromatic heterocycles. The molecule has 0 saturated carbocycles. The van der Waals surface area contributed by atoms with Gasteiger partial charge in [-0.1, -0.05) is 19.2 Å². The fourth-order valence-electron chi connectivity index (χ4n) is 0.944. The molecule has 1 aromatic rings. The van der Waals surface area contributed by atoms with E-state index in [1.54, 1.807) is 6.08 Å². The molecule has 56 valence electrons. The fourth-order valence-corrected chi connectivity index (χ4v) is 0.944. The minimum atomic E-state index is 0.903. The quantitative estimate of drug-likeness (QED) is 0.623. The van der Waals surface area contributed by atoms with Gasteiger partial charge in [0.15, 0.2) is 0 Å². The van der Waals surface area contributed by atoms with Gasteiger partial charge in [-0.3, -0.25) is 4.98 Å². The maximum atomic E-state index is 4.23. The van der Waals surface area contributed by atoms with Crippen LogP contribution in [0.4, 0.5) is 0 Å². The van der Waals surface area contributed by atoms with Crippen molar-refractivity contribution in [2.24, 2.45) is 0 Å². The molecule has 0 atom stereocenters. The van der Waals surface area contributed by atoms with Crippen molar-refractivity contribution in [2.75, 3.05) is 0 Å². The van der Waals surface area contributed by atoms with Gasteiger partial charge in [0, 0.05) is 5.69 Å². The van der Waals surface area contributed by atoms with Gasteiger partial charge < -0.3 is 0 Å². The summed E-state index contributed by atoms with van der Waals surface area (Å²) in [4.78, 5) is 4.23. The number of nitrogens with zero attached hydrogens (tertiary/aromatic N) is 1. The summed E-state index contributed by atoms with van der Waals surface area (Å²) in [6.07, 6.45) is 3.54. The van der Waals surface area contributed by atoms with Gasteiger partial charge in [0.1, 0.15) is 0 Å². The Morgan fingerprint density at radius 3 is 2.55 bits per heavy atom. The van der Waals surface area contributed by atoms with Crippen LogP contribution in [0.1, 0.15) is 17.0 Å². The lowest BCUT2D eigenvalue weighted by Crippen LogP contribution is -1.86. The summed E-state index contributed by atoms with van der Waals surface area (Å²) in [6, 6.07) is 3.94. The predicted octanol–water partition coefficient (Wildman–Crippen LogP) is 2.68. The molecule has 0 saturated heterocycles. The van der Waals surface area contributed by atoms with Crippen molar-refractivity contribution in [3.63, 3.8) is 0 Å². The maximum Gasteiger partial charge on any atom is 0.0632 e. The van der Waals surface area contributed by atoms with E-state index in [0.717, 1.165) is 17.0 Å². The third-order valence-electron chi connectivity index (χ3n) is 1.44.